The van der Waals surface area contributed by atoms with E-state index < -0.39 is 0 Å². The van der Waals surface area contributed by atoms with Crippen molar-refractivity contribution in [2.45, 2.75) is 57.5 Å². The van der Waals surface area contributed by atoms with Gasteiger partial charge in [0.2, 0.25) is 11.8 Å². The summed E-state index contributed by atoms with van der Waals surface area (Å²) in [7, 11) is 0. The molecule has 2 amide bonds. The van der Waals surface area contributed by atoms with Crippen LogP contribution in [0.5, 0.6) is 0 Å². The quantitative estimate of drug-likeness (QED) is 0.726. The van der Waals surface area contributed by atoms with Crippen LogP contribution in [0.1, 0.15) is 45.4 Å². The van der Waals surface area contributed by atoms with Gasteiger partial charge in [0.15, 0.2) is 0 Å². The fraction of sp³-hybridized carbons (Fsp3) is 0.846. The predicted molar refractivity (Wildman–Crippen MR) is 63.2 cm³/mol. The van der Waals surface area contributed by atoms with Crippen molar-refractivity contribution in [3.8, 4) is 0 Å². The highest BCUT2D eigenvalue weighted by atomic mass is 16.2. The summed E-state index contributed by atoms with van der Waals surface area (Å²) in [5.74, 6) is 0.0424. The third-order valence-corrected chi connectivity index (χ3v) is 4.53. The Morgan fingerprint density at radius 1 is 1.35 bits per heavy atom. The molecular weight excluding hydrogens is 216 g/mol. The number of hydrogen-bond donors (Lipinski definition) is 1. The number of likely N-dealkylation sites (tertiary alicyclic amines) is 1. The first-order chi connectivity index (χ1) is 8.15. The van der Waals surface area contributed by atoms with E-state index in [-0.39, 0.29) is 23.9 Å². The smallest absolute Gasteiger partial charge is 0.247 e. The molecule has 1 unspecified atom stereocenters. The number of carbonyl (C=O) groups is 2. The van der Waals surface area contributed by atoms with Gasteiger partial charge < -0.3 is 5.32 Å². The molecule has 0 radical (unpaired) electrons. The third kappa shape index (κ3) is 1.99. The minimum atomic E-state index is -0.243. The summed E-state index contributed by atoms with van der Waals surface area (Å²) in [6, 6.07) is -0.0185. The van der Waals surface area contributed by atoms with Gasteiger partial charge in [-0.25, -0.2) is 0 Å². The van der Waals surface area contributed by atoms with Crippen LogP contribution in [0, 0.1) is 5.41 Å². The summed E-state index contributed by atoms with van der Waals surface area (Å²) in [5.41, 5.74) is 0.427. The molecule has 0 bridgehead atoms. The van der Waals surface area contributed by atoms with E-state index in [0.29, 0.717) is 11.8 Å². The lowest BCUT2D eigenvalue weighted by molar-refractivity contribution is -0.139. The molecule has 3 aliphatic rings. The van der Waals surface area contributed by atoms with E-state index in [1.807, 2.05) is 0 Å². The molecule has 1 N–H and O–H groups in total. The van der Waals surface area contributed by atoms with Crippen LogP contribution in [0.2, 0.25) is 0 Å². The molecule has 4 nitrogen and oxygen atoms in total. The van der Waals surface area contributed by atoms with Crippen molar-refractivity contribution >= 4 is 11.8 Å². The van der Waals surface area contributed by atoms with Gasteiger partial charge in [-0.15, -0.1) is 0 Å². The van der Waals surface area contributed by atoms with Crippen LogP contribution >= 0.6 is 0 Å². The SMILES string of the molecule is CCC1(CNC2CC(=O)N(C3CC3)C2=O)CC1. The summed E-state index contributed by atoms with van der Waals surface area (Å²) in [6.45, 7) is 3.10. The Balaban J connectivity index is 1.57. The predicted octanol–water partition coefficient (Wildman–Crippen LogP) is 1.06. The van der Waals surface area contributed by atoms with Crippen LogP contribution in [0.4, 0.5) is 0 Å². The second kappa shape index (κ2) is 3.80. The van der Waals surface area contributed by atoms with Crippen molar-refractivity contribution in [2.75, 3.05) is 6.54 Å². The van der Waals surface area contributed by atoms with Crippen LogP contribution in [0.3, 0.4) is 0 Å². The van der Waals surface area contributed by atoms with Crippen molar-refractivity contribution in [1.82, 2.24) is 10.2 Å². The van der Waals surface area contributed by atoms with Crippen LogP contribution < -0.4 is 5.32 Å². The van der Waals surface area contributed by atoms with Crippen molar-refractivity contribution in [3.05, 3.63) is 0 Å². The number of nitrogens with zero attached hydrogens (tertiary/aromatic N) is 1. The summed E-state index contributed by atoms with van der Waals surface area (Å²) < 4.78 is 0. The summed E-state index contributed by atoms with van der Waals surface area (Å²) >= 11 is 0. The molecule has 1 saturated heterocycles. The van der Waals surface area contributed by atoms with Gasteiger partial charge in [0, 0.05) is 12.6 Å². The summed E-state index contributed by atoms with van der Waals surface area (Å²) in [6.07, 6.45) is 6.07. The highest BCUT2D eigenvalue weighted by molar-refractivity contribution is 6.06. The first-order valence-corrected chi connectivity index (χ1v) is 6.74. The van der Waals surface area contributed by atoms with E-state index in [1.54, 1.807) is 0 Å². The lowest BCUT2D eigenvalue weighted by Crippen LogP contribution is -2.41. The van der Waals surface area contributed by atoms with Crippen molar-refractivity contribution in [3.63, 3.8) is 0 Å². The molecule has 3 fully saturated rings. The normalized spacial score (nSPS) is 31.1. The zero-order chi connectivity index (χ0) is 12.0. The van der Waals surface area contributed by atoms with Crippen molar-refractivity contribution in [2.24, 2.45) is 5.41 Å². The van der Waals surface area contributed by atoms with Gasteiger partial charge in [0.1, 0.15) is 0 Å². The van der Waals surface area contributed by atoms with E-state index in [9.17, 15) is 9.59 Å². The molecule has 2 aliphatic carbocycles. The maximum atomic E-state index is 12.1. The van der Waals surface area contributed by atoms with E-state index >= 15 is 0 Å². The molecule has 0 aromatic carbocycles. The molecule has 2 saturated carbocycles. The molecule has 0 spiro atoms. The summed E-state index contributed by atoms with van der Waals surface area (Å²) in [4.78, 5) is 25.3. The van der Waals surface area contributed by atoms with Crippen LogP contribution in [0.15, 0.2) is 0 Å². The second-order valence-electron chi connectivity index (χ2n) is 5.82. The molecule has 1 aliphatic heterocycles. The lowest BCUT2D eigenvalue weighted by atomic mass is 10.0. The monoisotopic (exact) mass is 236 g/mol. The van der Waals surface area contributed by atoms with Crippen LogP contribution in [-0.4, -0.2) is 35.3 Å². The van der Waals surface area contributed by atoms with Crippen molar-refractivity contribution in [1.29, 1.82) is 0 Å². The number of imide groups is 1. The molecule has 3 rings (SSSR count). The molecule has 94 valence electrons. The zero-order valence-electron chi connectivity index (χ0n) is 10.4. The zero-order valence-corrected chi connectivity index (χ0v) is 10.4. The maximum absolute atomic E-state index is 12.1. The maximum Gasteiger partial charge on any atom is 0.247 e. The van der Waals surface area contributed by atoms with E-state index in [0.717, 1.165) is 19.4 Å². The Morgan fingerprint density at radius 3 is 2.59 bits per heavy atom. The van der Waals surface area contributed by atoms with E-state index in [1.165, 1.54) is 24.2 Å². The fourth-order valence-corrected chi connectivity index (χ4v) is 2.70. The van der Waals surface area contributed by atoms with Crippen LogP contribution in [0.25, 0.3) is 0 Å². The van der Waals surface area contributed by atoms with E-state index in [4.69, 9.17) is 0 Å². The molecule has 4 heteroatoms. The van der Waals surface area contributed by atoms with Gasteiger partial charge in [0.05, 0.1) is 12.5 Å². The highest BCUT2D eigenvalue weighted by Gasteiger charge is 2.47. The van der Waals surface area contributed by atoms with E-state index in [2.05, 4.69) is 12.2 Å². The molecular formula is C13H20N2O2. The summed E-state index contributed by atoms with van der Waals surface area (Å²) in [5, 5.41) is 3.32. The van der Waals surface area contributed by atoms with Gasteiger partial charge in [0.25, 0.3) is 0 Å². The molecule has 0 aromatic rings. The van der Waals surface area contributed by atoms with Gasteiger partial charge in [-0.3, -0.25) is 14.5 Å². The first kappa shape index (κ1) is 11.2. The fourth-order valence-electron chi connectivity index (χ4n) is 2.70. The topological polar surface area (TPSA) is 49.4 Å². The molecule has 0 aromatic heterocycles. The Labute approximate surface area is 102 Å². The average Bonchev–Trinajstić information content (AvgIpc) is 3.20. The number of carbonyl (C=O) groups excluding carboxylic acids is 2. The highest BCUT2D eigenvalue weighted by Crippen LogP contribution is 2.48. The Morgan fingerprint density at radius 2 is 2.06 bits per heavy atom. The van der Waals surface area contributed by atoms with Crippen molar-refractivity contribution < 1.29 is 9.59 Å². The molecule has 1 heterocycles. The minimum Gasteiger partial charge on any atom is -0.305 e. The number of rotatable bonds is 5. The van der Waals surface area contributed by atoms with Crippen LogP contribution in [-0.2, 0) is 9.59 Å². The van der Waals surface area contributed by atoms with Gasteiger partial charge in [-0.1, -0.05) is 6.92 Å². The lowest BCUT2D eigenvalue weighted by Gasteiger charge is -2.17. The van der Waals surface area contributed by atoms with Gasteiger partial charge >= 0.3 is 0 Å². The first-order valence-electron chi connectivity index (χ1n) is 6.74. The largest absolute Gasteiger partial charge is 0.305 e. The Bertz CT molecular complexity index is 358. The Kier molecular flexibility index (Phi) is 2.51. The number of hydrogen-bond acceptors (Lipinski definition) is 3. The average molecular weight is 236 g/mol. The third-order valence-electron chi connectivity index (χ3n) is 4.53. The number of nitrogens with one attached hydrogen (secondary N) is 1. The molecule has 1 atom stereocenters. The van der Waals surface area contributed by atoms with Gasteiger partial charge in [-0.05, 0) is 37.5 Å². The molecule has 17 heavy (non-hydrogen) atoms. The standard InChI is InChI=1S/C13H20N2O2/c1-2-13(5-6-13)8-14-10-7-11(16)15(12(10)17)9-3-4-9/h9-10,14H,2-8H2,1H3. The number of amides is 2. The van der Waals surface area contributed by atoms with Gasteiger partial charge in [-0.2, -0.15) is 0 Å². The second-order valence-corrected chi connectivity index (χ2v) is 5.82. The minimum absolute atomic E-state index is 0.0180. The Hall–Kier alpha value is -0.900.